The molecule has 0 aliphatic heterocycles. The van der Waals surface area contributed by atoms with Gasteiger partial charge in [0.2, 0.25) is 0 Å². The first-order valence-corrected chi connectivity index (χ1v) is 19.1. The van der Waals surface area contributed by atoms with Gasteiger partial charge in [-0.25, -0.2) is 15.0 Å². The summed E-state index contributed by atoms with van der Waals surface area (Å²) in [6.07, 6.45) is 6.60. The molecule has 270 valence electrons. The maximum Gasteiger partial charge on any atom is 0.164 e. The van der Waals surface area contributed by atoms with Gasteiger partial charge in [0.05, 0.1) is 22.1 Å². The number of hydrogen-bond donors (Lipinski definition) is 0. The highest BCUT2D eigenvalue weighted by Crippen LogP contribution is 2.35. The molecule has 0 aliphatic carbocycles. The number of allylic oxidation sites excluding steroid dienone is 4. The first-order chi connectivity index (χ1) is 28.1. The van der Waals surface area contributed by atoms with E-state index in [9.17, 15) is 0 Å². The fourth-order valence-corrected chi connectivity index (χ4v) is 8.02. The molecule has 0 fully saturated rings. The molecule has 0 bridgehead atoms. The normalized spacial score (nSPS) is 12.1. The van der Waals surface area contributed by atoms with Crippen LogP contribution in [0.2, 0.25) is 0 Å². The Morgan fingerprint density at radius 2 is 0.895 bits per heavy atom. The van der Waals surface area contributed by atoms with Crippen LogP contribution in [0.25, 0.3) is 95.2 Å². The van der Waals surface area contributed by atoms with E-state index >= 15 is 0 Å². The Balaban J connectivity index is 1.13. The highest BCUT2D eigenvalue weighted by Gasteiger charge is 2.16. The molecule has 7 aromatic carbocycles. The highest BCUT2D eigenvalue weighted by atomic mass is 15.0. The van der Waals surface area contributed by atoms with Gasteiger partial charge in [-0.2, -0.15) is 0 Å². The predicted molar refractivity (Wildman–Crippen MR) is 238 cm³/mol. The van der Waals surface area contributed by atoms with Crippen molar-refractivity contribution in [1.29, 1.82) is 0 Å². The molecule has 0 aliphatic rings. The summed E-state index contributed by atoms with van der Waals surface area (Å²) >= 11 is 0. The van der Waals surface area contributed by atoms with Crippen molar-refractivity contribution in [2.45, 2.75) is 6.92 Å². The van der Waals surface area contributed by atoms with Crippen molar-refractivity contribution in [2.75, 3.05) is 0 Å². The fraction of sp³-hybridized carbons (Fsp3) is 0.0192. The summed E-state index contributed by atoms with van der Waals surface area (Å²) in [6, 6.07) is 60.9. The van der Waals surface area contributed by atoms with Crippen molar-refractivity contribution in [1.82, 2.24) is 24.1 Å². The second-order valence-corrected chi connectivity index (χ2v) is 14.2. The summed E-state index contributed by atoms with van der Waals surface area (Å²) in [6.45, 7) is 6.85. The number of hydrogen-bond acceptors (Lipinski definition) is 3. The Morgan fingerprint density at radius 1 is 0.474 bits per heavy atom. The van der Waals surface area contributed by atoms with Gasteiger partial charge in [0.15, 0.2) is 17.5 Å². The zero-order valence-electron chi connectivity index (χ0n) is 31.4. The van der Waals surface area contributed by atoms with Crippen molar-refractivity contribution in [3.05, 3.63) is 206 Å². The van der Waals surface area contributed by atoms with E-state index in [1.807, 2.05) is 60.7 Å². The minimum atomic E-state index is 0.624. The molecule has 5 heteroatoms. The lowest BCUT2D eigenvalue weighted by Gasteiger charge is -2.14. The Kier molecular flexibility index (Phi) is 8.46. The molecular weight excluding hydrogens is 695 g/mol. The molecule has 57 heavy (non-hydrogen) atoms. The van der Waals surface area contributed by atoms with Crippen molar-refractivity contribution in [3.8, 4) is 34.2 Å². The van der Waals surface area contributed by atoms with Crippen LogP contribution in [-0.4, -0.2) is 24.1 Å². The Labute approximate surface area is 330 Å². The zero-order chi connectivity index (χ0) is 38.3. The van der Waals surface area contributed by atoms with Crippen LogP contribution in [0.4, 0.5) is 0 Å². The van der Waals surface area contributed by atoms with Crippen molar-refractivity contribution in [2.24, 2.45) is 0 Å². The molecule has 3 heterocycles. The summed E-state index contributed by atoms with van der Waals surface area (Å²) in [4.78, 5) is 14.9. The van der Waals surface area contributed by atoms with E-state index in [1.165, 1.54) is 21.5 Å². The van der Waals surface area contributed by atoms with Crippen LogP contribution in [0.15, 0.2) is 195 Å². The topological polar surface area (TPSA) is 48.5 Å². The average molecular weight is 732 g/mol. The maximum atomic E-state index is 5.01. The Morgan fingerprint density at radius 3 is 1.39 bits per heavy atom. The van der Waals surface area contributed by atoms with Gasteiger partial charge in [-0.05, 0) is 66.1 Å². The van der Waals surface area contributed by atoms with Gasteiger partial charge in [0, 0.05) is 50.1 Å². The third-order valence-corrected chi connectivity index (χ3v) is 10.7. The van der Waals surface area contributed by atoms with Crippen LogP contribution in [0.3, 0.4) is 0 Å². The molecule has 0 spiro atoms. The number of aryl methyl sites for hydroxylation is 1. The van der Waals surface area contributed by atoms with Gasteiger partial charge in [-0.1, -0.05) is 152 Å². The molecule has 5 nitrogen and oxygen atoms in total. The van der Waals surface area contributed by atoms with E-state index in [0.29, 0.717) is 17.5 Å². The fourth-order valence-electron chi connectivity index (χ4n) is 8.02. The summed E-state index contributed by atoms with van der Waals surface area (Å²) < 4.78 is 4.55. The van der Waals surface area contributed by atoms with Crippen molar-refractivity contribution in [3.63, 3.8) is 0 Å². The largest absolute Gasteiger partial charge is 0.316 e. The molecule has 0 unspecified atom stereocenters. The minimum absolute atomic E-state index is 0.624. The number of nitrogens with zero attached hydrogens (tertiary/aromatic N) is 5. The first kappa shape index (κ1) is 33.9. The van der Waals surface area contributed by atoms with Gasteiger partial charge < -0.3 is 9.13 Å². The van der Waals surface area contributed by atoms with Gasteiger partial charge in [0.25, 0.3) is 0 Å². The maximum absolute atomic E-state index is 5.01. The monoisotopic (exact) mass is 731 g/mol. The molecular formula is C52H37N5. The number of rotatable bonds is 8. The molecule has 0 saturated heterocycles. The van der Waals surface area contributed by atoms with Crippen LogP contribution >= 0.6 is 0 Å². The third kappa shape index (κ3) is 6.12. The Hall–Kier alpha value is -7.63. The lowest BCUT2D eigenvalue weighted by Crippen LogP contribution is -2.01. The van der Waals surface area contributed by atoms with E-state index < -0.39 is 0 Å². The van der Waals surface area contributed by atoms with Crippen molar-refractivity contribution >= 4 is 61.1 Å². The van der Waals surface area contributed by atoms with Crippen LogP contribution in [0.5, 0.6) is 0 Å². The van der Waals surface area contributed by atoms with E-state index in [4.69, 9.17) is 21.5 Å². The first-order valence-electron chi connectivity index (χ1n) is 19.1. The molecule has 0 radical (unpaired) electrons. The lowest BCUT2D eigenvalue weighted by atomic mass is 9.97. The van der Waals surface area contributed by atoms with Gasteiger partial charge in [0.1, 0.15) is 0 Å². The van der Waals surface area contributed by atoms with E-state index in [0.717, 1.165) is 61.2 Å². The summed E-state index contributed by atoms with van der Waals surface area (Å²) in [5.74, 6) is 1.90. The van der Waals surface area contributed by atoms with Gasteiger partial charge in [-0.3, -0.25) is 0 Å². The molecule has 0 N–H and O–H groups in total. The molecule has 10 aromatic rings. The van der Waals surface area contributed by atoms with E-state index in [-0.39, 0.29) is 0 Å². The zero-order valence-corrected chi connectivity index (χ0v) is 31.4. The smallest absolute Gasteiger partial charge is 0.164 e. The van der Waals surface area contributed by atoms with Crippen molar-refractivity contribution < 1.29 is 0 Å². The molecule has 0 atom stereocenters. The van der Waals surface area contributed by atoms with E-state index in [1.54, 1.807) is 0 Å². The highest BCUT2D eigenvalue weighted by molar-refractivity contribution is 6.11. The number of fused-ring (bicyclic) bond motifs is 6. The van der Waals surface area contributed by atoms with Crippen LogP contribution in [0, 0.1) is 6.92 Å². The van der Waals surface area contributed by atoms with E-state index in [2.05, 4.69) is 150 Å². The van der Waals surface area contributed by atoms with Gasteiger partial charge >= 0.3 is 0 Å². The van der Waals surface area contributed by atoms with Crippen LogP contribution in [-0.2, 0) is 0 Å². The quantitative estimate of drug-likeness (QED) is 0.146. The summed E-state index contributed by atoms with van der Waals surface area (Å²) in [7, 11) is 0. The predicted octanol–water partition coefficient (Wildman–Crippen LogP) is 13.1. The number of aromatic nitrogens is 5. The average Bonchev–Trinajstić information content (AvgIpc) is 3.78. The molecule has 0 saturated carbocycles. The molecule has 3 aromatic heterocycles. The number of para-hydroxylation sites is 4. The second kappa shape index (κ2) is 14.2. The second-order valence-electron chi connectivity index (χ2n) is 14.2. The molecule has 0 amide bonds. The number of benzene rings is 7. The third-order valence-electron chi connectivity index (χ3n) is 10.7. The summed E-state index contributed by atoms with van der Waals surface area (Å²) in [5, 5.41) is 4.85. The van der Waals surface area contributed by atoms with Crippen LogP contribution < -0.4 is 0 Å². The Bertz CT molecular complexity index is 3040. The summed E-state index contributed by atoms with van der Waals surface area (Å²) in [5.41, 5.74) is 11.4. The van der Waals surface area contributed by atoms with Gasteiger partial charge in [-0.15, -0.1) is 0 Å². The SMILES string of the molecule is C=C(/C=C(\C=C\n1c2ccccc2c2ccccc21)c1ccc(-c2nc(-c3ccccc3)nc(-c3ccccc3)n2)cc1C)n1c2ccccc2c2ccccc21. The molecule has 10 rings (SSSR count). The lowest BCUT2D eigenvalue weighted by molar-refractivity contribution is 1.07. The van der Waals surface area contributed by atoms with Crippen LogP contribution in [0.1, 0.15) is 11.1 Å². The standard InChI is InChI=1S/C52H37N5/c1-35-33-40(52-54-50(37-17-5-3-6-18-37)53-51(55-52)38-19-7-4-8-20-38)29-30-41(35)39(31-32-56-46-25-13-9-21-42(46)43-22-10-14-26-47(43)56)34-36(2)57-48-27-15-11-23-44(48)45-24-12-16-28-49(45)57/h3-34H,2H2,1H3/b32-31+,39-34+. The minimum Gasteiger partial charge on any atom is -0.316 e.